The van der Waals surface area contributed by atoms with E-state index in [4.69, 9.17) is 4.74 Å². The molecule has 2 aromatic rings. The number of nitrogens with zero attached hydrogens (tertiary/aromatic N) is 2. The van der Waals surface area contributed by atoms with E-state index < -0.39 is 0 Å². The van der Waals surface area contributed by atoms with Crippen molar-refractivity contribution in [3.8, 4) is 5.75 Å². The molecule has 0 atom stereocenters. The van der Waals surface area contributed by atoms with Crippen LogP contribution in [0.2, 0.25) is 0 Å². The van der Waals surface area contributed by atoms with E-state index in [1.807, 2.05) is 35.2 Å². The van der Waals surface area contributed by atoms with Gasteiger partial charge in [0, 0.05) is 53.8 Å². The molecular weight excluding hydrogens is 320 g/mol. The highest BCUT2D eigenvalue weighted by atomic mass is 32.1. The average Bonchev–Trinajstić information content (AvgIpc) is 3.05. The summed E-state index contributed by atoms with van der Waals surface area (Å²) in [4.78, 5) is 18.9. The number of anilines is 1. The van der Waals surface area contributed by atoms with Gasteiger partial charge in [-0.15, -0.1) is 11.3 Å². The molecule has 3 rings (SSSR count). The standard InChI is InChI=1S/C19H22N2O2S/c1-15-6-7-18(24-15)8-9-19(22)21-12-10-20(11-13-21)16-4-3-5-17(14-16)23-2/h3-9,14H,10-13H2,1-2H3/b9-8+. The molecule has 1 saturated heterocycles. The zero-order valence-electron chi connectivity index (χ0n) is 14.1. The molecule has 24 heavy (non-hydrogen) atoms. The second-order valence-corrected chi connectivity index (χ2v) is 7.12. The van der Waals surface area contributed by atoms with Crippen LogP contribution in [0.25, 0.3) is 6.08 Å². The molecule has 0 aliphatic carbocycles. The lowest BCUT2D eigenvalue weighted by molar-refractivity contribution is -0.126. The Morgan fingerprint density at radius 1 is 1.17 bits per heavy atom. The number of amides is 1. The highest BCUT2D eigenvalue weighted by Gasteiger charge is 2.20. The normalized spacial score (nSPS) is 15.1. The molecule has 1 amide bonds. The van der Waals surface area contributed by atoms with Crippen LogP contribution in [0.15, 0.2) is 42.5 Å². The Hall–Kier alpha value is -2.27. The molecular formula is C19H22N2O2S. The number of aryl methyl sites for hydroxylation is 1. The molecule has 0 spiro atoms. The van der Waals surface area contributed by atoms with Gasteiger partial charge in [0.05, 0.1) is 7.11 Å². The number of carbonyl (C=O) groups excluding carboxylic acids is 1. The lowest BCUT2D eigenvalue weighted by atomic mass is 10.2. The molecule has 1 aromatic heterocycles. The van der Waals surface area contributed by atoms with Gasteiger partial charge in [-0.3, -0.25) is 4.79 Å². The van der Waals surface area contributed by atoms with Crippen LogP contribution in [0.4, 0.5) is 5.69 Å². The van der Waals surface area contributed by atoms with E-state index in [2.05, 4.69) is 24.0 Å². The Bertz CT molecular complexity index is 730. The minimum atomic E-state index is 0.0892. The SMILES string of the molecule is COc1cccc(N2CCN(C(=O)/C=C/c3ccc(C)s3)CC2)c1. The third kappa shape index (κ3) is 3.97. The van der Waals surface area contributed by atoms with Crippen molar-refractivity contribution in [2.24, 2.45) is 0 Å². The van der Waals surface area contributed by atoms with E-state index in [0.29, 0.717) is 0 Å². The Kier molecular flexibility index (Phi) is 5.20. The first kappa shape index (κ1) is 16.6. The van der Waals surface area contributed by atoms with Gasteiger partial charge in [-0.1, -0.05) is 6.07 Å². The maximum atomic E-state index is 12.3. The lowest BCUT2D eigenvalue weighted by Gasteiger charge is -2.35. The van der Waals surface area contributed by atoms with Gasteiger partial charge in [0.2, 0.25) is 5.91 Å². The van der Waals surface area contributed by atoms with Crippen molar-refractivity contribution in [2.45, 2.75) is 6.92 Å². The molecule has 1 aromatic carbocycles. The summed E-state index contributed by atoms with van der Waals surface area (Å²) in [6.07, 6.45) is 3.60. The van der Waals surface area contributed by atoms with Crippen LogP contribution < -0.4 is 9.64 Å². The predicted octanol–water partition coefficient (Wildman–Crippen LogP) is 3.43. The van der Waals surface area contributed by atoms with Crippen LogP contribution in [0.1, 0.15) is 9.75 Å². The summed E-state index contributed by atoms with van der Waals surface area (Å²) in [5, 5.41) is 0. The fourth-order valence-electron chi connectivity index (χ4n) is 2.79. The molecule has 5 heteroatoms. The molecule has 2 heterocycles. The second-order valence-electron chi connectivity index (χ2n) is 5.80. The molecule has 0 N–H and O–H groups in total. The molecule has 1 aliphatic heterocycles. The predicted molar refractivity (Wildman–Crippen MR) is 99.9 cm³/mol. The number of thiophene rings is 1. The van der Waals surface area contributed by atoms with Crippen molar-refractivity contribution in [3.63, 3.8) is 0 Å². The monoisotopic (exact) mass is 342 g/mol. The largest absolute Gasteiger partial charge is 0.497 e. The molecule has 1 aliphatic rings. The molecule has 0 saturated carbocycles. The van der Waals surface area contributed by atoms with Crippen molar-refractivity contribution in [2.75, 3.05) is 38.2 Å². The van der Waals surface area contributed by atoms with Crippen LogP contribution in [0.3, 0.4) is 0 Å². The topological polar surface area (TPSA) is 32.8 Å². The fraction of sp³-hybridized carbons (Fsp3) is 0.316. The average molecular weight is 342 g/mol. The summed E-state index contributed by atoms with van der Waals surface area (Å²) >= 11 is 1.70. The van der Waals surface area contributed by atoms with Gasteiger partial charge in [0.1, 0.15) is 5.75 Å². The van der Waals surface area contributed by atoms with Crippen molar-refractivity contribution < 1.29 is 9.53 Å². The molecule has 126 valence electrons. The number of benzene rings is 1. The van der Waals surface area contributed by atoms with Crippen molar-refractivity contribution in [3.05, 3.63) is 52.2 Å². The summed E-state index contributed by atoms with van der Waals surface area (Å²) in [6.45, 7) is 5.23. The third-order valence-corrected chi connectivity index (χ3v) is 5.13. The van der Waals surface area contributed by atoms with Gasteiger partial charge in [-0.05, 0) is 37.3 Å². The number of hydrogen-bond acceptors (Lipinski definition) is 4. The number of ether oxygens (including phenoxy) is 1. The van der Waals surface area contributed by atoms with Gasteiger partial charge in [-0.2, -0.15) is 0 Å². The summed E-state index contributed by atoms with van der Waals surface area (Å²) in [5.74, 6) is 0.950. The maximum absolute atomic E-state index is 12.3. The smallest absolute Gasteiger partial charge is 0.246 e. The third-order valence-electron chi connectivity index (χ3n) is 4.16. The number of piperazine rings is 1. The van der Waals surface area contributed by atoms with E-state index in [9.17, 15) is 4.79 Å². The van der Waals surface area contributed by atoms with Crippen molar-refractivity contribution >= 4 is 29.0 Å². The zero-order valence-corrected chi connectivity index (χ0v) is 14.9. The second kappa shape index (κ2) is 7.53. The van der Waals surface area contributed by atoms with Crippen LogP contribution >= 0.6 is 11.3 Å². The Balaban J connectivity index is 1.56. The number of hydrogen-bond donors (Lipinski definition) is 0. The molecule has 0 unspecified atom stereocenters. The quantitative estimate of drug-likeness (QED) is 0.798. The summed E-state index contributed by atoms with van der Waals surface area (Å²) in [5.41, 5.74) is 1.14. The minimum Gasteiger partial charge on any atom is -0.497 e. The van der Waals surface area contributed by atoms with Crippen molar-refractivity contribution in [1.82, 2.24) is 4.90 Å². The van der Waals surface area contributed by atoms with Gasteiger partial charge in [0.25, 0.3) is 0 Å². The van der Waals surface area contributed by atoms with E-state index >= 15 is 0 Å². The van der Waals surface area contributed by atoms with E-state index in [-0.39, 0.29) is 5.91 Å². The molecule has 1 fully saturated rings. The number of rotatable bonds is 4. The van der Waals surface area contributed by atoms with E-state index in [1.54, 1.807) is 24.5 Å². The summed E-state index contributed by atoms with van der Waals surface area (Å²) < 4.78 is 5.28. The van der Waals surface area contributed by atoms with Gasteiger partial charge in [-0.25, -0.2) is 0 Å². The first-order valence-corrected chi connectivity index (χ1v) is 8.90. The lowest BCUT2D eigenvalue weighted by Crippen LogP contribution is -2.48. The first-order chi connectivity index (χ1) is 11.7. The van der Waals surface area contributed by atoms with Crippen LogP contribution in [0, 0.1) is 6.92 Å². The summed E-state index contributed by atoms with van der Waals surface area (Å²) in [6, 6.07) is 12.2. The fourth-order valence-corrected chi connectivity index (χ4v) is 3.57. The Morgan fingerprint density at radius 2 is 1.96 bits per heavy atom. The highest BCUT2D eigenvalue weighted by Crippen LogP contribution is 2.22. The molecule has 0 radical (unpaired) electrons. The number of carbonyl (C=O) groups is 1. The van der Waals surface area contributed by atoms with Crippen molar-refractivity contribution in [1.29, 1.82) is 0 Å². The highest BCUT2D eigenvalue weighted by molar-refractivity contribution is 7.12. The Labute approximate surface area is 147 Å². The Morgan fingerprint density at radius 3 is 2.62 bits per heavy atom. The zero-order chi connectivity index (χ0) is 16.9. The molecule has 4 nitrogen and oxygen atoms in total. The number of methoxy groups -OCH3 is 1. The molecule has 0 bridgehead atoms. The minimum absolute atomic E-state index is 0.0892. The van der Waals surface area contributed by atoms with E-state index in [1.165, 1.54) is 4.88 Å². The maximum Gasteiger partial charge on any atom is 0.246 e. The van der Waals surface area contributed by atoms with Gasteiger partial charge >= 0.3 is 0 Å². The van der Waals surface area contributed by atoms with E-state index in [0.717, 1.165) is 42.5 Å². The summed E-state index contributed by atoms with van der Waals surface area (Å²) in [7, 11) is 1.68. The van der Waals surface area contributed by atoms with Gasteiger partial charge in [0.15, 0.2) is 0 Å². The first-order valence-electron chi connectivity index (χ1n) is 8.08. The van der Waals surface area contributed by atoms with Crippen LogP contribution in [-0.4, -0.2) is 44.1 Å². The van der Waals surface area contributed by atoms with Crippen LogP contribution in [0.5, 0.6) is 5.75 Å². The van der Waals surface area contributed by atoms with Crippen LogP contribution in [-0.2, 0) is 4.79 Å². The van der Waals surface area contributed by atoms with Gasteiger partial charge < -0.3 is 14.5 Å².